The van der Waals surface area contributed by atoms with E-state index in [1.54, 1.807) is 12.1 Å². The predicted octanol–water partition coefficient (Wildman–Crippen LogP) is 3.83. The summed E-state index contributed by atoms with van der Waals surface area (Å²) in [5.41, 5.74) is -0.0762. The molecule has 0 fully saturated rings. The smallest absolute Gasteiger partial charge is 0.129 e. The van der Waals surface area contributed by atoms with E-state index in [2.05, 4.69) is 0 Å². The van der Waals surface area contributed by atoms with E-state index >= 15 is 0 Å². The fraction of sp³-hybridized carbons (Fsp3) is 0.231. The zero-order valence-corrected chi connectivity index (χ0v) is 10.9. The molecule has 1 aromatic heterocycles. The SMILES string of the molecule is OC(Cc1ccc(Cl)s1)Cc1c(F)cccc1F. The van der Waals surface area contributed by atoms with Crippen LogP contribution in [0.3, 0.4) is 0 Å². The molecular weight excluding hydrogens is 278 g/mol. The Labute approximate surface area is 113 Å². The summed E-state index contributed by atoms with van der Waals surface area (Å²) in [4.78, 5) is 0.893. The van der Waals surface area contributed by atoms with Crippen LogP contribution in [-0.2, 0) is 12.8 Å². The molecule has 1 atom stereocenters. The van der Waals surface area contributed by atoms with E-state index in [0.29, 0.717) is 10.8 Å². The van der Waals surface area contributed by atoms with Gasteiger partial charge in [-0.25, -0.2) is 8.78 Å². The van der Waals surface area contributed by atoms with Crippen LogP contribution in [0.1, 0.15) is 10.4 Å². The topological polar surface area (TPSA) is 20.2 Å². The Kier molecular flexibility index (Phi) is 4.32. The highest BCUT2D eigenvalue weighted by Crippen LogP contribution is 2.23. The van der Waals surface area contributed by atoms with Gasteiger partial charge in [-0.1, -0.05) is 17.7 Å². The minimum atomic E-state index is -0.828. The molecule has 18 heavy (non-hydrogen) atoms. The fourth-order valence-electron chi connectivity index (χ4n) is 1.73. The van der Waals surface area contributed by atoms with Gasteiger partial charge in [0.1, 0.15) is 11.6 Å². The lowest BCUT2D eigenvalue weighted by Crippen LogP contribution is -2.15. The Morgan fingerprint density at radius 3 is 2.33 bits per heavy atom. The van der Waals surface area contributed by atoms with Gasteiger partial charge >= 0.3 is 0 Å². The zero-order chi connectivity index (χ0) is 13.1. The normalized spacial score (nSPS) is 12.7. The third-order valence-corrected chi connectivity index (χ3v) is 3.82. The first-order valence-electron chi connectivity index (χ1n) is 5.41. The summed E-state index contributed by atoms with van der Waals surface area (Å²) >= 11 is 7.12. The first-order valence-corrected chi connectivity index (χ1v) is 6.61. The Balaban J connectivity index is 2.05. The number of rotatable bonds is 4. The average Bonchev–Trinajstić information content (AvgIpc) is 2.69. The highest BCUT2D eigenvalue weighted by Gasteiger charge is 2.14. The molecular formula is C13H11ClF2OS. The lowest BCUT2D eigenvalue weighted by atomic mass is 10.0. The molecule has 0 bridgehead atoms. The number of hydrogen-bond acceptors (Lipinski definition) is 2. The van der Waals surface area contributed by atoms with Gasteiger partial charge in [0.25, 0.3) is 0 Å². The van der Waals surface area contributed by atoms with Gasteiger partial charge in [0.2, 0.25) is 0 Å². The molecule has 0 aliphatic carbocycles. The Bertz CT molecular complexity index is 521. The van der Waals surface area contributed by atoms with E-state index in [1.165, 1.54) is 29.5 Å². The van der Waals surface area contributed by atoms with Gasteiger partial charge in [-0.05, 0) is 24.3 Å². The second kappa shape index (κ2) is 5.78. The van der Waals surface area contributed by atoms with E-state index in [9.17, 15) is 13.9 Å². The first kappa shape index (κ1) is 13.5. The molecule has 1 unspecified atom stereocenters. The van der Waals surface area contributed by atoms with Crippen molar-refractivity contribution in [2.75, 3.05) is 0 Å². The quantitative estimate of drug-likeness (QED) is 0.907. The van der Waals surface area contributed by atoms with E-state index in [0.717, 1.165) is 4.88 Å². The summed E-state index contributed by atoms with van der Waals surface area (Å²) in [5.74, 6) is -1.25. The van der Waals surface area contributed by atoms with Crippen LogP contribution in [0.4, 0.5) is 8.78 Å². The van der Waals surface area contributed by atoms with Gasteiger partial charge in [0, 0.05) is 23.3 Å². The molecule has 2 aromatic rings. The second-order valence-corrected chi connectivity index (χ2v) is 5.77. The Hall–Kier alpha value is -0.970. The third-order valence-electron chi connectivity index (χ3n) is 2.57. The molecule has 1 nitrogen and oxygen atoms in total. The maximum Gasteiger partial charge on any atom is 0.129 e. The molecule has 0 amide bonds. The molecule has 2 rings (SSSR count). The summed E-state index contributed by atoms with van der Waals surface area (Å²) < 4.78 is 27.4. The van der Waals surface area contributed by atoms with E-state index in [-0.39, 0.29) is 12.0 Å². The molecule has 0 aliphatic rings. The lowest BCUT2D eigenvalue weighted by molar-refractivity contribution is 0.173. The van der Waals surface area contributed by atoms with E-state index < -0.39 is 17.7 Å². The summed E-state index contributed by atoms with van der Waals surface area (Å²) in [7, 11) is 0. The van der Waals surface area contributed by atoms with Crippen LogP contribution in [0.15, 0.2) is 30.3 Å². The molecule has 0 saturated carbocycles. The number of aliphatic hydroxyl groups is 1. The number of halogens is 3. The van der Waals surface area contributed by atoms with Gasteiger partial charge in [-0.3, -0.25) is 0 Å². The van der Waals surface area contributed by atoms with Crippen LogP contribution >= 0.6 is 22.9 Å². The van der Waals surface area contributed by atoms with Gasteiger partial charge < -0.3 is 5.11 Å². The van der Waals surface area contributed by atoms with Crippen molar-refractivity contribution in [3.05, 3.63) is 56.7 Å². The maximum atomic E-state index is 13.4. The van der Waals surface area contributed by atoms with Crippen molar-refractivity contribution in [1.29, 1.82) is 0 Å². The van der Waals surface area contributed by atoms with Crippen molar-refractivity contribution >= 4 is 22.9 Å². The van der Waals surface area contributed by atoms with Crippen LogP contribution < -0.4 is 0 Å². The standard InChI is InChI=1S/C13H11ClF2OS/c14-13-5-4-9(18-13)6-8(17)7-10-11(15)2-1-3-12(10)16/h1-5,8,17H,6-7H2. The van der Waals surface area contributed by atoms with Gasteiger partial charge in [0.15, 0.2) is 0 Å². The monoisotopic (exact) mass is 288 g/mol. The molecule has 1 heterocycles. The number of thiophene rings is 1. The first-order chi connectivity index (χ1) is 8.56. The molecule has 1 aromatic carbocycles. The molecule has 0 saturated heterocycles. The molecule has 0 aliphatic heterocycles. The van der Waals surface area contributed by atoms with Crippen LogP contribution in [0, 0.1) is 11.6 Å². The minimum absolute atomic E-state index is 0.0476. The molecule has 5 heteroatoms. The van der Waals surface area contributed by atoms with E-state index in [4.69, 9.17) is 11.6 Å². The fourth-order valence-corrected chi connectivity index (χ4v) is 2.89. The number of aliphatic hydroxyl groups excluding tert-OH is 1. The van der Waals surface area contributed by atoms with Crippen LogP contribution in [0.5, 0.6) is 0 Å². The Morgan fingerprint density at radius 2 is 1.78 bits per heavy atom. The van der Waals surface area contributed by atoms with Crippen LogP contribution in [0.2, 0.25) is 4.34 Å². The minimum Gasteiger partial charge on any atom is -0.392 e. The molecule has 0 spiro atoms. The van der Waals surface area contributed by atoms with E-state index in [1.807, 2.05) is 0 Å². The summed E-state index contributed by atoms with van der Waals surface area (Å²) in [6, 6.07) is 7.21. The summed E-state index contributed by atoms with van der Waals surface area (Å²) in [6.07, 6.45) is -0.537. The van der Waals surface area contributed by atoms with Gasteiger partial charge in [-0.2, -0.15) is 0 Å². The maximum absolute atomic E-state index is 13.4. The molecule has 96 valence electrons. The second-order valence-electron chi connectivity index (χ2n) is 3.97. The van der Waals surface area contributed by atoms with Gasteiger partial charge in [0.05, 0.1) is 10.4 Å². The van der Waals surface area contributed by atoms with Crippen molar-refractivity contribution < 1.29 is 13.9 Å². The summed E-state index contributed by atoms with van der Waals surface area (Å²) in [5, 5.41) is 9.84. The van der Waals surface area contributed by atoms with Crippen molar-refractivity contribution in [3.63, 3.8) is 0 Å². The number of hydrogen-bond donors (Lipinski definition) is 1. The number of benzene rings is 1. The Morgan fingerprint density at radius 1 is 1.11 bits per heavy atom. The van der Waals surface area contributed by atoms with Gasteiger partial charge in [-0.15, -0.1) is 11.3 Å². The molecule has 0 radical (unpaired) electrons. The highest BCUT2D eigenvalue weighted by molar-refractivity contribution is 7.16. The average molecular weight is 289 g/mol. The highest BCUT2D eigenvalue weighted by atomic mass is 35.5. The van der Waals surface area contributed by atoms with Crippen molar-refractivity contribution in [3.8, 4) is 0 Å². The zero-order valence-electron chi connectivity index (χ0n) is 9.37. The van der Waals surface area contributed by atoms with Crippen molar-refractivity contribution in [2.24, 2.45) is 0 Å². The predicted molar refractivity (Wildman–Crippen MR) is 69.1 cm³/mol. The largest absolute Gasteiger partial charge is 0.392 e. The van der Waals surface area contributed by atoms with Crippen molar-refractivity contribution in [1.82, 2.24) is 0 Å². The third kappa shape index (κ3) is 3.28. The lowest BCUT2D eigenvalue weighted by Gasteiger charge is -2.10. The van der Waals surface area contributed by atoms with Crippen LogP contribution in [-0.4, -0.2) is 11.2 Å². The van der Waals surface area contributed by atoms with Crippen LogP contribution in [0.25, 0.3) is 0 Å². The summed E-state index contributed by atoms with van der Waals surface area (Å²) in [6.45, 7) is 0. The van der Waals surface area contributed by atoms with Crippen molar-refractivity contribution in [2.45, 2.75) is 18.9 Å². The molecule has 1 N–H and O–H groups in total.